The maximum Gasteiger partial charge on any atom is 0.262 e. The lowest BCUT2D eigenvalue weighted by Gasteiger charge is -2.13. The SMILES string of the molecule is Cc1cc(C)cc(-c2c3c(nc4ccccc24)-c2nc4ccccc4c(=O)n2C3)c1. The highest BCUT2D eigenvalue weighted by atomic mass is 16.1. The second kappa shape index (κ2) is 6.10. The molecule has 5 aromatic rings. The van der Waals surface area contributed by atoms with Gasteiger partial charge in [0.1, 0.15) is 5.69 Å². The molecule has 0 unspecified atom stereocenters. The van der Waals surface area contributed by atoms with Gasteiger partial charge in [0, 0.05) is 10.9 Å². The number of rotatable bonds is 1. The van der Waals surface area contributed by atoms with Crippen LogP contribution in [0.4, 0.5) is 0 Å². The van der Waals surface area contributed by atoms with Crippen molar-refractivity contribution in [3.05, 3.63) is 93.8 Å². The number of aryl methyl sites for hydroxylation is 2. The summed E-state index contributed by atoms with van der Waals surface area (Å²) in [6, 6.07) is 22.3. The molecule has 30 heavy (non-hydrogen) atoms. The molecule has 4 nitrogen and oxygen atoms in total. The van der Waals surface area contributed by atoms with E-state index in [1.165, 1.54) is 11.1 Å². The van der Waals surface area contributed by atoms with Crippen molar-refractivity contribution < 1.29 is 0 Å². The van der Waals surface area contributed by atoms with Gasteiger partial charge in [-0.1, -0.05) is 59.7 Å². The molecule has 0 fully saturated rings. The summed E-state index contributed by atoms with van der Waals surface area (Å²) in [5.41, 5.74) is 8.25. The second-order valence-electron chi connectivity index (χ2n) is 8.05. The van der Waals surface area contributed by atoms with E-state index in [0.29, 0.717) is 23.3 Å². The van der Waals surface area contributed by atoms with Gasteiger partial charge in [-0.2, -0.15) is 0 Å². The van der Waals surface area contributed by atoms with Crippen molar-refractivity contribution in [1.82, 2.24) is 14.5 Å². The van der Waals surface area contributed by atoms with Crippen LogP contribution in [0.15, 0.2) is 71.5 Å². The fraction of sp³-hybridized carbons (Fsp3) is 0.115. The van der Waals surface area contributed by atoms with Crippen LogP contribution in [0.5, 0.6) is 0 Å². The van der Waals surface area contributed by atoms with Crippen molar-refractivity contribution in [1.29, 1.82) is 0 Å². The first-order chi connectivity index (χ1) is 14.6. The molecule has 0 aliphatic carbocycles. The zero-order chi connectivity index (χ0) is 20.4. The van der Waals surface area contributed by atoms with E-state index in [1.807, 2.05) is 42.5 Å². The van der Waals surface area contributed by atoms with Gasteiger partial charge in [-0.05, 0) is 43.2 Å². The van der Waals surface area contributed by atoms with E-state index in [1.54, 1.807) is 4.57 Å². The maximum absolute atomic E-state index is 13.2. The molecule has 0 radical (unpaired) electrons. The first-order valence-corrected chi connectivity index (χ1v) is 10.1. The lowest BCUT2D eigenvalue weighted by molar-refractivity contribution is 0.798. The van der Waals surface area contributed by atoms with Gasteiger partial charge in [0.05, 0.1) is 23.0 Å². The van der Waals surface area contributed by atoms with E-state index >= 15 is 0 Å². The fourth-order valence-corrected chi connectivity index (χ4v) is 4.69. The molecule has 144 valence electrons. The van der Waals surface area contributed by atoms with E-state index in [9.17, 15) is 4.79 Å². The predicted octanol–water partition coefficient (Wildman–Crippen LogP) is 5.26. The monoisotopic (exact) mass is 389 g/mol. The topological polar surface area (TPSA) is 47.8 Å². The summed E-state index contributed by atoms with van der Waals surface area (Å²) in [6.07, 6.45) is 0. The van der Waals surface area contributed by atoms with E-state index in [-0.39, 0.29) is 5.56 Å². The maximum atomic E-state index is 13.2. The zero-order valence-electron chi connectivity index (χ0n) is 16.8. The number of nitrogens with zero attached hydrogens (tertiary/aromatic N) is 3. The summed E-state index contributed by atoms with van der Waals surface area (Å²) < 4.78 is 1.77. The minimum absolute atomic E-state index is 0.0102. The highest BCUT2D eigenvalue weighted by Gasteiger charge is 2.28. The van der Waals surface area contributed by atoms with Gasteiger partial charge in [-0.3, -0.25) is 9.36 Å². The molecule has 6 rings (SSSR count). The number of aromatic nitrogens is 3. The average Bonchev–Trinajstić information content (AvgIpc) is 3.10. The van der Waals surface area contributed by atoms with Crippen LogP contribution < -0.4 is 5.56 Å². The minimum Gasteiger partial charge on any atom is -0.286 e. The molecule has 0 saturated carbocycles. The van der Waals surface area contributed by atoms with Crippen LogP contribution in [0.25, 0.3) is 44.5 Å². The molecular weight excluding hydrogens is 370 g/mol. The van der Waals surface area contributed by atoms with Crippen molar-refractivity contribution in [3.63, 3.8) is 0 Å². The first-order valence-electron chi connectivity index (χ1n) is 10.1. The van der Waals surface area contributed by atoms with Crippen LogP contribution >= 0.6 is 0 Å². The molecule has 0 N–H and O–H groups in total. The Hall–Kier alpha value is -3.79. The Bertz CT molecular complexity index is 1540. The Morgan fingerprint density at radius 3 is 2.17 bits per heavy atom. The fourth-order valence-electron chi connectivity index (χ4n) is 4.69. The molecule has 0 atom stereocenters. The molecule has 1 aliphatic rings. The van der Waals surface area contributed by atoms with Crippen molar-refractivity contribution in [2.75, 3.05) is 0 Å². The molecule has 4 heteroatoms. The molecule has 2 aromatic heterocycles. The smallest absolute Gasteiger partial charge is 0.262 e. The lowest BCUT2D eigenvalue weighted by Crippen LogP contribution is -2.20. The normalized spacial score (nSPS) is 12.3. The van der Waals surface area contributed by atoms with Gasteiger partial charge < -0.3 is 0 Å². The van der Waals surface area contributed by atoms with Crippen LogP contribution in [-0.4, -0.2) is 14.5 Å². The van der Waals surface area contributed by atoms with Gasteiger partial charge >= 0.3 is 0 Å². The van der Waals surface area contributed by atoms with Crippen LogP contribution in [0, 0.1) is 13.8 Å². The summed E-state index contributed by atoms with van der Waals surface area (Å²) >= 11 is 0. The number of fused-ring (bicyclic) bond motifs is 5. The quantitative estimate of drug-likeness (QED) is 0.385. The van der Waals surface area contributed by atoms with E-state index in [0.717, 1.165) is 33.3 Å². The number of hydrogen-bond donors (Lipinski definition) is 0. The van der Waals surface area contributed by atoms with E-state index in [2.05, 4.69) is 38.1 Å². The van der Waals surface area contributed by atoms with Crippen LogP contribution in [0.2, 0.25) is 0 Å². The van der Waals surface area contributed by atoms with Gasteiger partial charge in [0.15, 0.2) is 5.82 Å². The number of benzene rings is 3. The van der Waals surface area contributed by atoms with E-state index in [4.69, 9.17) is 9.97 Å². The highest BCUT2D eigenvalue weighted by Crippen LogP contribution is 2.40. The number of hydrogen-bond acceptors (Lipinski definition) is 3. The second-order valence-corrected chi connectivity index (χ2v) is 8.05. The van der Waals surface area contributed by atoms with Gasteiger partial charge in [-0.15, -0.1) is 0 Å². The molecule has 3 heterocycles. The molecule has 3 aromatic carbocycles. The lowest BCUT2D eigenvalue weighted by atomic mass is 9.93. The van der Waals surface area contributed by atoms with Gasteiger partial charge in [0.2, 0.25) is 0 Å². The number of pyridine rings is 1. The summed E-state index contributed by atoms with van der Waals surface area (Å²) in [5, 5.41) is 1.75. The summed E-state index contributed by atoms with van der Waals surface area (Å²) in [5.74, 6) is 0.657. The summed E-state index contributed by atoms with van der Waals surface area (Å²) in [4.78, 5) is 23.0. The van der Waals surface area contributed by atoms with Crippen LogP contribution in [0.1, 0.15) is 16.7 Å². The minimum atomic E-state index is -0.0102. The zero-order valence-corrected chi connectivity index (χ0v) is 16.8. The van der Waals surface area contributed by atoms with Gasteiger partial charge in [-0.25, -0.2) is 9.97 Å². The predicted molar refractivity (Wildman–Crippen MR) is 121 cm³/mol. The highest BCUT2D eigenvalue weighted by molar-refractivity contribution is 6.00. The third-order valence-corrected chi connectivity index (χ3v) is 5.89. The standard InChI is InChI=1S/C26H19N3O/c1-15-11-16(2)13-17(12-15)23-18-7-3-5-9-21(18)27-24-20(23)14-29-25(24)28-22-10-6-4-8-19(22)26(29)30/h3-13H,14H2,1-2H3. The van der Waals surface area contributed by atoms with Crippen molar-refractivity contribution in [2.24, 2.45) is 0 Å². The Labute approximate surface area is 173 Å². The Morgan fingerprint density at radius 1 is 0.800 bits per heavy atom. The third-order valence-electron chi connectivity index (χ3n) is 5.89. The molecule has 0 bridgehead atoms. The molecular formula is C26H19N3O. The Morgan fingerprint density at radius 2 is 1.43 bits per heavy atom. The van der Waals surface area contributed by atoms with Crippen LogP contribution in [-0.2, 0) is 6.54 Å². The molecule has 0 spiro atoms. The van der Waals surface area contributed by atoms with Crippen molar-refractivity contribution >= 4 is 21.8 Å². The molecule has 0 amide bonds. The Kier molecular flexibility index (Phi) is 3.48. The first kappa shape index (κ1) is 17.1. The van der Waals surface area contributed by atoms with Crippen molar-refractivity contribution in [2.45, 2.75) is 20.4 Å². The third kappa shape index (κ3) is 2.37. The molecule has 1 aliphatic heterocycles. The summed E-state index contributed by atoms with van der Waals surface area (Å²) in [6.45, 7) is 4.72. The van der Waals surface area contributed by atoms with Gasteiger partial charge in [0.25, 0.3) is 5.56 Å². The van der Waals surface area contributed by atoms with Crippen molar-refractivity contribution in [3.8, 4) is 22.6 Å². The van der Waals surface area contributed by atoms with Crippen LogP contribution in [0.3, 0.4) is 0 Å². The largest absolute Gasteiger partial charge is 0.286 e. The molecule has 0 saturated heterocycles. The number of para-hydroxylation sites is 2. The Balaban J connectivity index is 1.75. The average molecular weight is 389 g/mol. The van der Waals surface area contributed by atoms with E-state index < -0.39 is 0 Å². The summed E-state index contributed by atoms with van der Waals surface area (Å²) in [7, 11) is 0.